The van der Waals surface area contributed by atoms with Gasteiger partial charge in [-0.05, 0) is 59.1 Å². The van der Waals surface area contributed by atoms with E-state index in [1.165, 1.54) is 33.4 Å². The van der Waals surface area contributed by atoms with Crippen LogP contribution in [-0.4, -0.2) is 23.7 Å². The average molecular weight is 563 g/mol. The number of carbonyl (C=O) groups excluding carboxylic acids is 2. The van der Waals surface area contributed by atoms with Crippen LogP contribution in [0.5, 0.6) is 0 Å². The Kier molecular flexibility index (Phi) is 7.90. The fourth-order valence-electron chi connectivity index (χ4n) is 7.14. The van der Waals surface area contributed by atoms with E-state index in [9.17, 15) is 9.59 Å². The number of halogens is 1. The van der Waals surface area contributed by atoms with Gasteiger partial charge in [0.05, 0.1) is 0 Å². The lowest BCUT2D eigenvalue weighted by Crippen LogP contribution is -2.32. The summed E-state index contributed by atoms with van der Waals surface area (Å²) in [6.07, 6.45) is 5.50. The van der Waals surface area contributed by atoms with Gasteiger partial charge in [0, 0.05) is 48.1 Å². The molecule has 2 unspecified atom stereocenters. The smallest absolute Gasteiger partial charge is 0.165 e. The first kappa shape index (κ1) is 27.6. The zero-order valence-corrected chi connectivity index (χ0v) is 23.8. The summed E-state index contributed by atoms with van der Waals surface area (Å²) < 4.78 is 0. The number of nitrogens with one attached hydrogen (secondary N) is 2. The minimum absolute atomic E-state index is 0. The standard InChI is InChI=1S/2C18H17NO.ClH/c2*20-18-11-17(15-7-3-4-8-16(15)18)19-14-9-12-5-1-2-6-13(12)10-14;/h2*1-8,14,17,19H,9-11H2;1H. The van der Waals surface area contributed by atoms with Crippen molar-refractivity contribution in [2.75, 3.05) is 0 Å². The summed E-state index contributed by atoms with van der Waals surface area (Å²) in [4.78, 5) is 24.1. The summed E-state index contributed by atoms with van der Waals surface area (Å²) in [6.45, 7) is 0. The van der Waals surface area contributed by atoms with E-state index in [4.69, 9.17) is 0 Å². The van der Waals surface area contributed by atoms with Crippen molar-refractivity contribution in [2.45, 2.75) is 62.7 Å². The predicted molar refractivity (Wildman–Crippen MR) is 165 cm³/mol. The third-order valence-electron chi connectivity index (χ3n) is 9.03. The van der Waals surface area contributed by atoms with Crippen molar-refractivity contribution in [1.29, 1.82) is 0 Å². The highest BCUT2D eigenvalue weighted by Crippen LogP contribution is 2.34. The number of hydrogen-bond acceptors (Lipinski definition) is 4. The van der Waals surface area contributed by atoms with Gasteiger partial charge in [-0.1, -0.05) is 97.1 Å². The van der Waals surface area contributed by atoms with Gasteiger partial charge in [-0.2, -0.15) is 0 Å². The van der Waals surface area contributed by atoms with E-state index in [1.807, 2.05) is 36.4 Å². The van der Waals surface area contributed by atoms with Gasteiger partial charge in [0.1, 0.15) is 0 Å². The predicted octanol–water partition coefficient (Wildman–Crippen LogP) is 6.56. The van der Waals surface area contributed by atoms with Gasteiger partial charge < -0.3 is 10.6 Å². The molecule has 208 valence electrons. The van der Waals surface area contributed by atoms with Gasteiger partial charge in [-0.15, -0.1) is 12.4 Å². The first-order chi connectivity index (χ1) is 19.6. The molecule has 4 aromatic carbocycles. The Balaban J connectivity index is 0.000000144. The summed E-state index contributed by atoms with van der Waals surface area (Å²) in [7, 11) is 0. The van der Waals surface area contributed by atoms with E-state index in [-0.39, 0.29) is 36.1 Å². The van der Waals surface area contributed by atoms with E-state index in [1.54, 1.807) is 0 Å². The quantitative estimate of drug-likeness (QED) is 0.295. The number of hydrogen-bond donors (Lipinski definition) is 2. The van der Waals surface area contributed by atoms with Gasteiger partial charge in [0.25, 0.3) is 0 Å². The van der Waals surface area contributed by atoms with Crippen molar-refractivity contribution in [3.8, 4) is 0 Å². The fraction of sp³-hybridized carbons (Fsp3) is 0.278. The Bertz CT molecular complexity index is 1430. The van der Waals surface area contributed by atoms with Crippen LogP contribution in [0.3, 0.4) is 0 Å². The minimum Gasteiger partial charge on any atom is -0.306 e. The molecule has 0 spiro atoms. The van der Waals surface area contributed by atoms with Gasteiger partial charge in [-0.25, -0.2) is 0 Å². The number of rotatable bonds is 4. The van der Waals surface area contributed by atoms with E-state index in [2.05, 4.69) is 71.3 Å². The maximum Gasteiger partial charge on any atom is 0.165 e. The van der Waals surface area contributed by atoms with E-state index < -0.39 is 0 Å². The molecule has 0 heterocycles. The van der Waals surface area contributed by atoms with Crippen LogP contribution in [0.15, 0.2) is 97.1 Å². The van der Waals surface area contributed by atoms with Gasteiger partial charge >= 0.3 is 0 Å². The molecule has 41 heavy (non-hydrogen) atoms. The second kappa shape index (κ2) is 11.7. The lowest BCUT2D eigenvalue weighted by Gasteiger charge is -2.19. The second-order valence-corrected chi connectivity index (χ2v) is 11.6. The van der Waals surface area contributed by atoms with Gasteiger partial charge in [0.15, 0.2) is 11.6 Å². The Morgan fingerprint density at radius 2 is 0.756 bits per heavy atom. The molecule has 4 aliphatic carbocycles. The fourth-order valence-corrected chi connectivity index (χ4v) is 7.14. The Morgan fingerprint density at radius 1 is 0.439 bits per heavy atom. The summed E-state index contributed by atoms with van der Waals surface area (Å²) in [5.41, 5.74) is 9.94. The van der Waals surface area contributed by atoms with Crippen LogP contribution in [0.25, 0.3) is 0 Å². The van der Waals surface area contributed by atoms with Gasteiger partial charge in [-0.3, -0.25) is 9.59 Å². The molecule has 5 heteroatoms. The monoisotopic (exact) mass is 562 g/mol. The van der Waals surface area contributed by atoms with Gasteiger partial charge in [0.2, 0.25) is 0 Å². The highest BCUT2D eigenvalue weighted by molar-refractivity contribution is 6.01. The maximum absolute atomic E-state index is 12.0. The molecule has 0 saturated heterocycles. The molecule has 0 aromatic heterocycles. The summed E-state index contributed by atoms with van der Waals surface area (Å²) in [5, 5.41) is 7.38. The van der Waals surface area contributed by atoms with Crippen LogP contribution in [0.4, 0.5) is 0 Å². The second-order valence-electron chi connectivity index (χ2n) is 11.6. The largest absolute Gasteiger partial charge is 0.306 e. The van der Waals surface area contributed by atoms with Crippen LogP contribution in [0.2, 0.25) is 0 Å². The molecule has 0 fully saturated rings. The first-order valence-electron chi connectivity index (χ1n) is 14.5. The number of carbonyl (C=O) groups is 2. The van der Waals surface area contributed by atoms with Crippen molar-refractivity contribution in [2.24, 2.45) is 0 Å². The molecule has 2 atom stereocenters. The zero-order chi connectivity index (χ0) is 27.1. The molecule has 2 N–H and O–H groups in total. The molecule has 0 radical (unpaired) electrons. The van der Waals surface area contributed by atoms with Crippen molar-refractivity contribution in [1.82, 2.24) is 10.6 Å². The molecule has 4 nitrogen and oxygen atoms in total. The molecule has 0 amide bonds. The van der Waals surface area contributed by atoms with E-state index >= 15 is 0 Å². The van der Waals surface area contributed by atoms with Crippen molar-refractivity contribution < 1.29 is 9.59 Å². The SMILES string of the molecule is Cl.O=C1CC(NC2Cc3ccccc3C2)c2ccccc21.O=C1CC(NC2Cc3ccccc3C2)c2ccccc21. The van der Waals surface area contributed by atoms with Crippen LogP contribution in [-0.2, 0) is 25.7 Å². The molecule has 0 saturated carbocycles. The average Bonchev–Trinajstić information content (AvgIpc) is 3.73. The zero-order valence-electron chi connectivity index (χ0n) is 23.0. The number of fused-ring (bicyclic) bond motifs is 4. The van der Waals surface area contributed by atoms with E-state index in [0.29, 0.717) is 24.9 Å². The van der Waals surface area contributed by atoms with E-state index in [0.717, 1.165) is 36.8 Å². The third-order valence-corrected chi connectivity index (χ3v) is 9.03. The minimum atomic E-state index is 0. The molecular weight excluding hydrogens is 528 g/mol. The Morgan fingerprint density at radius 3 is 1.12 bits per heavy atom. The molecular formula is C36H35ClN2O2. The lowest BCUT2D eigenvalue weighted by molar-refractivity contribution is 0.0976. The number of Topliss-reactive ketones (excluding diaryl/α,β-unsaturated/α-hetero) is 2. The first-order valence-corrected chi connectivity index (χ1v) is 14.5. The lowest BCUT2D eigenvalue weighted by atomic mass is 10.1. The normalized spacial score (nSPS) is 20.5. The summed E-state index contributed by atoms with van der Waals surface area (Å²) in [6, 6.07) is 34.6. The molecule has 0 aliphatic heterocycles. The molecule has 8 rings (SSSR count). The number of ketones is 2. The maximum atomic E-state index is 12.0. The summed E-state index contributed by atoms with van der Waals surface area (Å²) >= 11 is 0. The summed E-state index contributed by atoms with van der Waals surface area (Å²) in [5.74, 6) is 0.544. The Labute approximate surface area is 248 Å². The van der Waals surface area contributed by atoms with Crippen molar-refractivity contribution >= 4 is 24.0 Å². The molecule has 4 aliphatic rings. The third kappa shape index (κ3) is 5.52. The molecule has 4 aromatic rings. The number of benzene rings is 4. The highest BCUT2D eigenvalue weighted by Gasteiger charge is 2.33. The highest BCUT2D eigenvalue weighted by atomic mass is 35.5. The van der Waals surface area contributed by atoms with Crippen molar-refractivity contribution in [3.05, 3.63) is 142 Å². The molecule has 0 bridgehead atoms. The van der Waals surface area contributed by atoms with Crippen molar-refractivity contribution in [3.63, 3.8) is 0 Å². The Hall–Kier alpha value is -3.57. The van der Waals surface area contributed by atoms with Crippen LogP contribution < -0.4 is 10.6 Å². The van der Waals surface area contributed by atoms with Crippen LogP contribution in [0.1, 0.15) is 79.0 Å². The van der Waals surface area contributed by atoms with Crippen LogP contribution >= 0.6 is 12.4 Å². The topological polar surface area (TPSA) is 58.2 Å². The van der Waals surface area contributed by atoms with Crippen LogP contribution in [0, 0.1) is 0 Å².